The number of ether oxygens (including phenoxy) is 1. The average Bonchev–Trinajstić information content (AvgIpc) is 3.02. The third kappa shape index (κ3) is 2.56. The molecule has 0 aromatic carbocycles. The van der Waals surface area contributed by atoms with E-state index in [2.05, 4.69) is 13.8 Å². The molecule has 0 amide bonds. The number of rotatable bonds is 6. The van der Waals surface area contributed by atoms with Crippen LogP contribution in [0.3, 0.4) is 0 Å². The van der Waals surface area contributed by atoms with Gasteiger partial charge in [0.15, 0.2) is 0 Å². The summed E-state index contributed by atoms with van der Waals surface area (Å²) in [5.74, 6) is 2.42. The Morgan fingerprint density at radius 2 is 2.19 bits per heavy atom. The molecule has 16 heavy (non-hydrogen) atoms. The molecule has 0 aromatic heterocycles. The average molecular weight is 245 g/mol. The highest BCUT2D eigenvalue weighted by molar-refractivity contribution is 6.18. The van der Waals surface area contributed by atoms with Crippen LogP contribution in [-0.4, -0.2) is 18.6 Å². The van der Waals surface area contributed by atoms with E-state index < -0.39 is 0 Å². The molecule has 1 heterocycles. The maximum Gasteiger partial charge on any atom is 0.0671 e. The molecule has 3 unspecified atom stereocenters. The Morgan fingerprint density at radius 1 is 1.44 bits per heavy atom. The first-order chi connectivity index (χ1) is 7.72. The molecule has 2 heteroatoms. The zero-order valence-corrected chi connectivity index (χ0v) is 11.4. The van der Waals surface area contributed by atoms with Crippen molar-refractivity contribution in [3.05, 3.63) is 0 Å². The topological polar surface area (TPSA) is 9.23 Å². The van der Waals surface area contributed by atoms with E-state index in [4.69, 9.17) is 16.3 Å². The van der Waals surface area contributed by atoms with Gasteiger partial charge in [-0.3, -0.25) is 0 Å². The molecule has 94 valence electrons. The van der Waals surface area contributed by atoms with Gasteiger partial charge in [-0.25, -0.2) is 0 Å². The molecule has 1 nitrogen and oxygen atoms in total. The van der Waals surface area contributed by atoms with Crippen molar-refractivity contribution < 1.29 is 4.74 Å². The van der Waals surface area contributed by atoms with Crippen molar-refractivity contribution in [3.63, 3.8) is 0 Å². The van der Waals surface area contributed by atoms with Crippen LogP contribution in [-0.2, 0) is 4.74 Å². The van der Waals surface area contributed by atoms with Crippen LogP contribution in [0.15, 0.2) is 0 Å². The lowest BCUT2D eigenvalue weighted by atomic mass is 9.73. The van der Waals surface area contributed by atoms with Crippen LogP contribution in [0.1, 0.15) is 52.4 Å². The molecule has 1 aliphatic heterocycles. The highest BCUT2D eigenvalue weighted by Gasteiger charge is 2.50. The first-order valence-corrected chi connectivity index (χ1v) is 7.43. The molecule has 0 spiro atoms. The summed E-state index contributed by atoms with van der Waals surface area (Å²) in [6, 6.07) is 0. The van der Waals surface area contributed by atoms with Crippen molar-refractivity contribution in [1.29, 1.82) is 0 Å². The molecule has 0 radical (unpaired) electrons. The van der Waals surface area contributed by atoms with E-state index in [9.17, 15) is 0 Å². The molecule has 3 atom stereocenters. The summed E-state index contributed by atoms with van der Waals surface area (Å²) >= 11 is 6.30. The Balaban J connectivity index is 1.99. The van der Waals surface area contributed by atoms with Crippen molar-refractivity contribution in [2.75, 3.05) is 12.5 Å². The zero-order chi connectivity index (χ0) is 11.6. The Labute approximate surface area is 105 Å². The smallest absolute Gasteiger partial charge is 0.0671 e. The summed E-state index contributed by atoms with van der Waals surface area (Å²) in [6.45, 7) is 5.58. The van der Waals surface area contributed by atoms with E-state index >= 15 is 0 Å². The van der Waals surface area contributed by atoms with Crippen LogP contribution < -0.4 is 0 Å². The second kappa shape index (κ2) is 5.27. The molecule has 0 bridgehead atoms. The van der Waals surface area contributed by atoms with E-state index in [1.54, 1.807) is 0 Å². The fraction of sp³-hybridized carbons (Fsp3) is 1.00. The maximum absolute atomic E-state index is 6.30. The van der Waals surface area contributed by atoms with Gasteiger partial charge < -0.3 is 4.74 Å². The highest BCUT2D eigenvalue weighted by atomic mass is 35.5. The second-order valence-electron chi connectivity index (χ2n) is 5.97. The zero-order valence-electron chi connectivity index (χ0n) is 10.7. The number of halogens is 1. The molecule has 2 rings (SSSR count). The molecule has 1 aliphatic carbocycles. The van der Waals surface area contributed by atoms with E-state index in [-0.39, 0.29) is 0 Å². The Hall–Kier alpha value is 0.250. The lowest BCUT2D eigenvalue weighted by Gasteiger charge is -2.34. The monoisotopic (exact) mass is 244 g/mol. The lowest BCUT2D eigenvalue weighted by Crippen LogP contribution is -2.36. The Bertz CT molecular complexity index is 227. The third-order valence-electron chi connectivity index (χ3n) is 4.35. The molecular weight excluding hydrogens is 220 g/mol. The van der Waals surface area contributed by atoms with Crippen molar-refractivity contribution >= 4 is 11.6 Å². The molecule has 1 saturated heterocycles. The van der Waals surface area contributed by atoms with Gasteiger partial charge in [0.05, 0.1) is 6.10 Å². The summed E-state index contributed by atoms with van der Waals surface area (Å²) in [7, 11) is 0. The summed E-state index contributed by atoms with van der Waals surface area (Å²) in [4.78, 5) is 0. The van der Waals surface area contributed by atoms with Gasteiger partial charge in [-0.2, -0.15) is 0 Å². The fourth-order valence-electron chi connectivity index (χ4n) is 3.45. The quantitative estimate of drug-likeness (QED) is 0.635. The van der Waals surface area contributed by atoms with Crippen molar-refractivity contribution in [3.8, 4) is 0 Å². The highest BCUT2D eigenvalue weighted by Crippen LogP contribution is 2.51. The summed E-state index contributed by atoms with van der Waals surface area (Å²) in [5, 5.41) is 0. The molecular formula is C14H25ClO. The number of hydrogen-bond acceptors (Lipinski definition) is 1. The molecule has 2 aliphatic rings. The minimum atomic E-state index is 0.303. The normalized spacial score (nSPS) is 36.6. The number of hydrogen-bond donors (Lipinski definition) is 0. The SMILES string of the molecule is CCCC(C)CC1(CCl)CCOC1C1CC1. The van der Waals surface area contributed by atoms with E-state index in [1.807, 2.05) is 0 Å². The predicted octanol–water partition coefficient (Wildman–Crippen LogP) is 4.24. The van der Waals surface area contributed by atoms with Crippen LogP contribution in [0.4, 0.5) is 0 Å². The predicted molar refractivity (Wildman–Crippen MR) is 68.9 cm³/mol. The van der Waals surface area contributed by atoms with Gasteiger partial charge in [0, 0.05) is 17.9 Å². The largest absolute Gasteiger partial charge is 0.377 e. The van der Waals surface area contributed by atoms with Crippen LogP contribution in [0.2, 0.25) is 0 Å². The van der Waals surface area contributed by atoms with E-state index in [1.165, 1.54) is 38.5 Å². The van der Waals surface area contributed by atoms with Crippen LogP contribution in [0.25, 0.3) is 0 Å². The summed E-state index contributed by atoms with van der Waals surface area (Å²) in [5.41, 5.74) is 0.303. The third-order valence-corrected chi connectivity index (χ3v) is 4.89. The standard InChI is InChI=1S/C14H25ClO/c1-3-4-11(2)9-14(10-15)7-8-16-13(14)12-5-6-12/h11-13H,3-10H2,1-2H3. The van der Waals surface area contributed by atoms with Crippen LogP contribution in [0.5, 0.6) is 0 Å². The molecule has 1 saturated carbocycles. The van der Waals surface area contributed by atoms with Gasteiger partial charge in [0.2, 0.25) is 0 Å². The number of alkyl halides is 1. The molecule has 2 fully saturated rings. The van der Waals surface area contributed by atoms with Crippen molar-refractivity contribution in [1.82, 2.24) is 0 Å². The summed E-state index contributed by atoms with van der Waals surface area (Å²) in [6.07, 6.45) is 8.28. The minimum Gasteiger partial charge on any atom is -0.377 e. The second-order valence-corrected chi connectivity index (χ2v) is 6.24. The van der Waals surface area contributed by atoms with Gasteiger partial charge in [-0.05, 0) is 37.5 Å². The van der Waals surface area contributed by atoms with Gasteiger partial charge in [0.25, 0.3) is 0 Å². The maximum atomic E-state index is 6.30. The Kier molecular flexibility index (Phi) is 4.18. The molecule has 0 N–H and O–H groups in total. The van der Waals surface area contributed by atoms with E-state index in [0.29, 0.717) is 11.5 Å². The van der Waals surface area contributed by atoms with Gasteiger partial charge in [-0.1, -0.05) is 26.7 Å². The first-order valence-electron chi connectivity index (χ1n) is 6.89. The molecule has 0 aromatic rings. The Morgan fingerprint density at radius 3 is 2.75 bits per heavy atom. The van der Waals surface area contributed by atoms with Gasteiger partial charge in [-0.15, -0.1) is 11.6 Å². The summed E-state index contributed by atoms with van der Waals surface area (Å²) < 4.78 is 5.98. The fourth-order valence-corrected chi connectivity index (χ4v) is 3.84. The van der Waals surface area contributed by atoms with Crippen molar-refractivity contribution in [2.45, 2.75) is 58.5 Å². The first kappa shape index (κ1) is 12.7. The van der Waals surface area contributed by atoms with Gasteiger partial charge >= 0.3 is 0 Å². The minimum absolute atomic E-state index is 0.303. The van der Waals surface area contributed by atoms with Crippen LogP contribution in [0, 0.1) is 17.3 Å². The van der Waals surface area contributed by atoms with E-state index in [0.717, 1.165) is 24.3 Å². The van der Waals surface area contributed by atoms with Crippen molar-refractivity contribution in [2.24, 2.45) is 17.3 Å². The van der Waals surface area contributed by atoms with Crippen LogP contribution >= 0.6 is 11.6 Å². The lowest BCUT2D eigenvalue weighted by molar-refractivity contribution is 0.0297. The van der Waals surface area contributed by atoms with Gasteiger partial charge in [0.1, 0.15) is 0 Å².